The van der Waals surface area contributed by atoms with Gasteiger partial charge in [0.05, 0.1) is 0 Å². The molecule has 0 spiro atoms. The number of carbonyl (C=O) groups is 1. The highest BCUT2D eigenvalue weighted by atomic mass is 16.7. The summed E-state index contributed by atoms with van der Waals surface area (Å²) >= 11 is 0. The SMILES string of the molecule is Cc1ccc(NC(=O)c2cc(Nc3ccc4c(c3)OCO4)ccn2)cc1C. The Bertz CT molecular complexity index is 1020. The summed E-state index contributed by atoms with van der Waals surface area (Å²) in [6.07, 6.45) is 1.60. The van der Waals surface area contributed by atoms with Crippen LogP contribution in [0.4, 0.5) is 17.1 Å². The Balaban J connectivity index is 1.49. The topological polar surface area (TPSA) is 72.5 Å². The quantitative estimate of drug-likeness (QED) is 0.719. The third-order valence-corrected chi connectivity index (χ3v) is 4.42. The molecule has 3 aromatic rings. The molecule has 0 atom stereocenters. The van der Waals surface area contributed by atoms with Crippen LogP contribution in [0.25, 0.3) is 0 Å². The fourth-order valence-corrected chi connectivity index (χ4v) is 2.79. The summed E-state index contributed by atoms with van der Waals surface area (Å²) in [6.45, 7) is 4.28. The van der Waals surface area contributed by atoms with E-state index < -0.39 is 0 Å². The predicted molar refractivity (Wildman–Crippen MR) is 104 cm³/mol. The van der Waals surface area contributed by atoms with E-state index in [-0.39, 0.29) is 12.7 Å². The van der Waals surface area contributed by atoms with E-state index in [0.717, 1.165) is 28.4 Å². The summed E-state index contributed by atoms with van der Waals surface area (Å²) in [5, 5.41) is 6.14. The highest BCUT2D eigenvalue weighted by molar-refractivity contribution is 6.03. The molecule has 27 heavy (non-hydrogen) atoms. The molecule has 136 valence electrons. The second-order valence-electron chi connectivity index (χ2n) is 6.38. The minimum absolute atomic E-state index is 0.233. The van der Waals surface area contributed by atoms with Crippen LogP contribution in [-0.2, 0) is 0 Å². The van der Waals surface area contributed by atoms with E-state index in [1.54, 1.807) is 18.3 Å². The normalized spacial score (nSPS) is 11.9. The summed E-state index contributed by atoms with van der Waals surface area (Å²) in [5.74, 6) is 1.16. The monoisotopic (exact) mass is 361 g/mol. The number of rotatable bonds is 4. The molecule has 0 bridgehead atoms. The molecule has 6 heteroatoms. The average molecular weight is 361 g/mol. The van der Waals surface area contributed by atoms with Gasteiger partial charge >= 0.3 is 0 Å². The van der Waals surface area contributed by atoms with E-state index in [4.69, 9.17) is 9.47 Å². The summed E-state index contributed by atoms with van der Waals surface area (Å²) in [7, 11) is 0. The smallest absolute Gasteiger partial charge is 0.274 e. The number of anilines is 3. The second-order valence-corrected chi connectivity index (χ2v) is 6.38. The number of nitrogens with one attached hydrogen (secondary N) is 2. The molecule has 2 aromatic carbocycles. The largest absolute Gasteiger partial charge is 0.454 e. The van der Waals surface area contributed by atoms with Crippen molar-refractivity contribution in [1.29, 1.82) is 0 Å². The van der Waals surface area contributed by atoms with Gasteiger partial charge in [-0.05, 0) is 61.4 Å². The highest BCUT2D eigenvalue weighted by Crippen LogP contribution is 2.35. The van der Waals surface area contributed by atoms with Gasteiger partial charge in [-0.25, -0.2) is 0 Å². The number of hydrogen-bond acceptors (Lipinski definition) is 5. The number of carbonyl (C=O) groups excluding carboxylic acids is 1. The van der Waals surface area contributed by atoms with Crippen molar-refractivity contribution in [3.05, 3.63) is 71.5 Å². The van der Waals surface area contributed by atoms with Crippen LogP contribution in [0.15, 0.2) is 54.7 Å². The zero-order valence-electron chi connectivity index (χ0n) is 15.1. The molecule has 1 aliphatic heterocycles. The van der Waals surface area contributed by atoms with Gasteiger partial charge in [0.15, 0.2) is 11.5 Å². The van der Waals surface area contributed by atoms with E-state index in [1.165, 1.54) is 5.56 Å². The van der Waals surface area contributed by atoms with Gasteiger partial charge in [0, 0.05) is 29.3 Å². The second kappa shape index (κ2) is 6.99. The van der Waals surface area contributed by atoms with E-state index >= 15 is 0 Å². The van der Waals surface area contributed by atoms with Gasteiger partial charge in [-0.3, -0.25) is 9.78 Å². The Morgan fingerprint density at radius 1 is 0.889 bits per heavy atom. The molecular weight excluding hydrogens is 342 g/mol. The molecule has 2 heterocycles. The Morgan fingerprint density at radius 3 is 2.52 bits per heavy atom. The molecule has 0 radical (unpaired) electrons. The zero-order chi connectivity index (χ0) is 18.8. The summed E-state index contributed by atoms with van der Waals surface area (Å²) < 4.78 is 10.7. The molecule has 1 amide bonds. The third-order valence-electron chi connectivity index (χ3n) is 4.42. The van der Waals surface area contributed by atoms with E-state index in [0.29, 0.717) is 11.4 Å². The number of aromatic nitrogens is 1. The summed E-state index contributed by atoms with van der Waals surface area (Å²) in [4.78, 5) is 16.7. The lowest BCUT2D eigenvalue weighted by Crippen LogP contribution is -2.14. The number of pyridine rings is 1. The molecule has 2 N–H and O–H groups in total. The lowest BCUT2D eigenvalue weighted by atomic mass is 10.1. The van der Waals surface area contributed by atoms with Gasteiger partial charge in [-0.2, -0.15) is 0 Å². The molecule has 0 saturated heterocycles. The first-order valence-corrected chi connectivity index (χ1v) is 8.60. The maximum absolute atomic E-state index is 12.5. The minimum atomic E-state index is -0.257. The summed E-state index contributed by atoms with van der Waals surface area (Å²) in [5.41, 5.74) is 4.98. The highest BCUT2D eigenvalue weighted by Gasteiger charge is 2.14. The van der Waals surface area contributed by atoms with Gasteiger partial charge in [0.2, 0.25) is 6.79 Å². The zero-order valence-corrected chi connectivity index (χ0v) is 15.1. The molecule has 0 aliphatic carbocycles. The fourth-order valence-electron chi connectivity index (χ4n) is 2.79. The number of hydrogen-bond donors (Lipinski definition) is 2. The van der Waals surface area contributed by atoms with Crippen LogP contribution in [0, 0.1) is 13.8 Å². The first-order valence-electron chi connectivity index (χ1n) is 8.60. The molecule has 4 rings (SSSR count). The predicted octanol–water partition coefficient (Wildman–Crippen LogP) is 4.42. The average Bonchev–Trinajstić information content (AvgIpc) is 3.13. The van der Waals surface area contributed by atoms with Crippen molar-refractivity contribution in [3.8, 4) is 11.5 Å². The van der Waals surface area contributed by atoms with Gasteiger partial charge in [-0.15, -0.1) is 0 Å². The van der Waals surface area contributed by atoms with Crippen molar-refractivity contribution in [1.82, 2.24) is 4.98 Å². The lowest BCUT2D eigenvalue weighted by Gasteiger charge is -2.10. The molecule has 1 aliphatic rings. The van der Waals surface area contributed by atoms with Crippen molar-refractivity contribution in [2.75, 3.05) is 17.4 Å². The Morgan fingerprint density at radius 2 is 1.67 bits per heavy atom. The maximum atomic E-state index is 12.5. The number of amides is 1. The van der Waals surface area contributed by atoms with Crippen molar-refractivity contribution >= 4 is 23.0 Å². The van der Waals surface area contributed by atoms with E-state index in [2.05, 4.69) is 15.6 Å². The van der Waals surface area contributed by atoms with Crippen molar-refractivity contribution in [2.24, 2.45) is 0 Å². The standard InChI is InChI=1S/C21H19N3O3/c1-13-3-4-15(9-14(13)2)24-21(25)18-10-17(7-8-22-18)23-16-5-6-19-20(11-16)27-12-26-19/h3-11H,12H2,1-2H3,(H,22,23)(H,24,25). The number of benzene rings is 2. The van der Waals surface area contributed by atoms with Gasteiger partial charge in [-0.1, -0.05) is 6.07 Å². The minimum Gasteiger partial charge on any atom is -0.454 e. The number of nitrogens with zero attached hydrogens (tertiary/aromatic N) is 1. The fraction of sp³-hybridized carbons (Fsp3) is 0.143. The van der Waals surface area contributed by atoms with Crippen molar-refractivity contribution in [3.63, 3.8) is 0 Å². The van der Waals surface area contributed by atoms with Crippen LogP contribution in [0.3, 0.4) is 0 Å². The van der Waals surface area contributed by atoms with Crippen molar-refractivity contribution < 1.29 is 14.3 Å². The molecule has 6 nitrogen and oxygen atoms in total. The Labute approximate surface area is 157 Å². The molecular formula is C21H19N3O3. The molecule has 0 unspecified atom stereocenters. The maximum Gasteiger partial charge on any atom is 0.274 e. The van der Waals surface area contributed by atoms with E-state index in [9.17, 15) is 4.79 Å². The molecule has 0 saturated carbocycles. The summed E-state index contributed by atoms with van der Waals surface area (Å²) in [6, 6.07) is 14.9. The molecule has 1 aromatic heterocycles. The van der Waals surface area contributed by atoms with Gasteiger partial charge < -0.3 is 20.1 Å². The van der Waals surface area contributed by atoms with E-state index in [1.807, 2.05) is 50.2 Å². The third kappa shape index (κ3) is 3.69. The first kappa shape index (κ1) is 16.9. The number of aryl methyl sites for hydroxylation is 2. The van der Waals surface area contributed by atoms with Crippen LogP contribution in [0.5, 0.6) is 11.5 Å². The van der Waals surface area contributed by atoms with Crippen LogP contribution in [0.1, 0.15) is 21.6 Å². The van der Waals surface area contributed by atoms with Crippen LogP contribution < -0.4 is 20.1 Å². The van der Waals surface area contributed by atoms with Gasteiger partial charge in [0.1, 0.15) is 5.69 Å². The number of ether oxygens (including phenoxy) is 2. The van der Waals surface area contributed by atoms with Crippen LogP contribution in [0.2, 0.25) is 0 Å². The number of fused-ring (bicyclic) bond motifs is 1. The Kier molecular flexibility index (Phi) is 4.38. The van der Waals surface area contributed by atoms with Crippen LogP contribution >= 0.6 is 0 Å². The van der Waals surface area contributed by atoms with Crippen LogP contribution in [-0.4, -0.2) is 17.7 Å². The van der Waals surface area contributed by atoms with Gasteiger partial charge in [0.25, 0.3) is 5.91 Å². The first-order chi connectivity index (χ1) is 13.1. The Hall–Kier alpha value is -3.54. The van der Waals surface area contributed by atoms with Crippen molar-refractivity contribution in [2.45, 2.75) is 13.8 Å². The lowest BCUT2D eigenvalue weighted by molar-refractivity contribution is 0.102. The molecule has 0 fully saturated rings.